The molecule has 0 amide bonds. The van der Waals surface area contributed by atoms with Crippen LogP contribution in [-0.2, 0) is 0 Å². The lowest BCUT2D eigenvalue weighted by Gasteiger charge is -2.12. The van der Waals surface area contributed by atoms with Crippen LogP contribution >= 0.6 is 0 Å². The van der Waals surface area contributed by atoms with Crippen LogP contribution in [0.15, 0.2) is 53.8 Å². The standard InChI is InChI=1S/C19H19N7O2/c1-3-20-13-4-5-14(16(8-13)28-2)26-15-9-17(23-10-12(15)11-24-26)25-18-19(27)22-7-6-21-18/h4-11,20H,3H2,1-2H3,(H,22,27)(H,21,23,25). The van der Waals surface area contributed by atoms with Gasteiger partial charge in [0.25, 0.3) is 5.56 Å². The van der Waals surface area contributed by atoms with Gasteiger partial charge >= 0.3 is 0 Å². The molecule has 0 radical (unpaired) electrons. The minimum atomic E-state index is -0.321. The van der Waals surface area contributed by atoms with E-state index in [9.17, 15) is 4.79 Å². The number of aromatic nitrogens is 5. The normalized spacial score (nSPS) is 10.8. The largest absolute Gasteiger partial charge is 0.494 e. The van der Waals surface area contributed by atoms with Gasteiger partial charge in [0.15, 0.2) is 5.82 Å². The predicted molar refractivity (Wildman–Crippen MR) is 108 cm³/mol. The van der Waals surface area contributed by atoms with Gasteiger partial charge in [0, 0.05) is 48.3 Å². The number of ether oxygens (including phenoxy) is 1. The van der Waals surface area contributed by atoms with Gasteiger partial charge in [-0.3, -0.25) is 4.79 Å². The van der Waals surface area contributed by atoms with E-state index in [2.05, 4.69) is 30.7 Å². The highest BCUT2D eigenvalue weighted by Gasteiger charge is 2.13. The Morgan fingerprint density at radius 2 is 2.11 bits per heavy atom. The summed E-state index contributed by atoms with van der Waals surface area (Å²) in [5.74, 6) is 1.35. The molecular weight excluding hydrogens is 358 g/mol. The molecule has 3 heterocycles. The molecule has 4 aromatic rings. The second-order valence-corrected chi connectivity index (χ2v) is 5.99. The summed E-state index contributed by atoms with van der Waals surface area (Å²) < 4.78 is 7.34. The van der Waals surface area contributed by atoms with Gasteiger partial charge in [-0.05, 0) is 19.1 Å². The van der Waals surface area contributed by atoms with Crippen molar-refractivity contribution in [3.8, 4) is 11.4 Å². The highest BCUT2D eigenvalue weighted by Crippen LogP contribution is 2.29. The van der Waals surface area contributed by atoms with E-state index in [1.165, 1.54) is 12.4 Å². The summed E-state index contributed by atoms with van der Waals surface area (Å²) in [5.41, 5.74) is 2.27. The van der Waals surface area contributed by atoms with Crippen molar-refractivity contribution >= 4 is 28.2 Å². The highest BCUT2D eigenvalue weighted by molar-refractivity contribution is 5.83. The molecule has 28 heavy (non-hydrogen) atoms. The average Bonchev–Trinajstić information content (AvgIpc) is 3.13. The molecule has 0 aliphatic rings. The van der Waals surface area contributed by atoms with Crippen LogP contribution in [0.3, 0.4) is 0 Å². The maximum absolute atomic E-state index is 11.8. The molecule has 0 aliphatic carbocycles. The number of hydrogen-bond donors (Lipinski definition) is 3. The van der Waals surface area contributed by atoms with E-state index in [1.54, 1.807) is 24.2 Å². The SMILES string of the molecule is CCNc1ccc(-n2ncc3cnc(Nc4ncc[nH]c4=O)cc32)c(OC)c1. The Morgan fingerprint density at radius 3 is 2.89 bits per heavy atom. The Balaban J connectivity index is 1.76. The molecule has 4 rings (SSSR count). The van der Waals surface area contributed by atoms with Crippen molar-refractivity contribution in [1.82, 2.24) is 24.7 Å². The first-order chi connectivity index (χ1) is 13.7. The first-order valence-corrected chi connectivity index (χ1v) is 8.76. The molecule has 0 atom stereocenters. The van der Waals surface area contributed by atoms with E-state index in [0.717, 1.165) is 28.8 Å². The van der Waals surface area contributed by atoms with E-state index < -0.39 is 0 Å². The third-order valence-electron chi connectivity index (χ3n) is 4.20. The lowest BCUT2D eigenvalue weighted by molar-refractivity contribution is 0.412. The van der Waals surface area contributed by atoms with Crippen molar-refractivity contribution < 1.29 is 4.74 Å². The summed E-state index contributed by atoms with van der Waals surface area (Å²) >= 11 is 0. The van der Waals surface area contributed by atoms with Gasteiger partial charge in [0.2, 0.25) is 0 Å². The quantitative estimate of drug-likeness (QED) is 0.474. The summed E-state index contributed by atoms with van der Waals surface area (Å²) in [6, 6.07) is 7.66. The number of nitrogens with one attached hydrogen (secondary N) is 3. The van der Waals surface area contributed by atoms with Crippen LogP contribution in [0.1, 0.15) is 6.92 Å². The van der Waals surface area contributed by atoms with E-state index >= 15 is 0 Å². The van der Waals surface area contributed by atoms with Crippen molar-refractivity contribution in [2.45, 2.75) is 6.92 Å². The van der Waals surface area contributed by atoms with Crippen molar-refractivity contribution in [3.05, 3.63) is 59.4 Å². The van der Waals surface area contributed by atoms with Crippen LogP contribution in [0.25, 0.3) is 16.6 Å². The Morgan fingerprint density at radius 1 is 1.21 bits per heavy atom. The number of pyridine rings is 1. The Kier molecular flexibility index (Phi) is 4.63. The fraction of sp³-hybridized carbons (Fsp3) is 0.158. The smallest absolute Gasteiger partial charge is 0.291 e. The molecule has 0 saturated carbocycles. The Labute approximate surface area is 160 Å². The van der Waals surface area contributed by atoms with Gasteiger partial charge in [-0.15, -0.1) is 0 Å². The maximum Gasteiger partial charge on any atom is 0.291 e. The number of fused-ring (bicyclic) bond motifs is 1. The number of nitrogens with zero attached hydrogens (tertiary/aromatic N) is 4. The monoisotopic (exact) mass is 377 g/mol. The number of anilines is 3. The lowest BCUT2D eigenvalue weighted by Crippen LogP contribution is -2.12. The van der Waals surface area contributed by atoms with E-state index in [4.69, 9.17) is 4.74 Å². The van der Waals surface area contributed by atoms with Crippen LogP contribution in [0.2, 0.25) is 0 Å². The van der Waals surface area contributed by atoms with E-state index in [-0.39, 0.29) is 11.4 Å². The van der Waals surface area contributed by atoms with Crippen LogP contribution in [0.5, 0.6) is 5.75 Å². The fourth-order valence-electron chi connectivity index (χ4n) is 2.91. The average molecular weight is 377 g/mol. The molecular formula is C19H19N7O2. The molecule has 0 fully saturated rings. The molecule has 0 saturated heterocycles. The maximum atomic E-state index is 11.8. The number of methoxy groups -OCH3 is 1. The Hall–Kier alpha value is -3.88. The molecule has 142 valence electrons. The first kappa shape index (κ1) is 17.5. The zero-order valence-corrected chi connectivity index (χ0v) is 15.4. The van der Waals surface area contributed by atoms with Crippen LogP contribution in [0, 0.1) is 0 Å². The van der Waals surface area contributed by atoms with Gasteiger partial charge < -0.3 is 20.4 Å². The summed E-state index contributed by atoms with van der Waals surface area (Å²) in [5, 5.41) is 11.5. The first-order valence-electron chi connectivity index (χ1n) is 8.76. The lowest BCUT2D eigenvalue weighted by atomic mass is 10.2. The summed E-state index contributed by atoms with van der Waals surface area (Å²) in [4.78, 5) is 22.8. The molecule has 0 aliphatic heterocycles. The molecule has 0 bridgehead atoms. The molecule has 0 unspecified atom stereocenters. The molecule has 0 spiro atoms. The molecule has 3 N–H and O–H groups in total. The van der Waals surface area contributed by atoms with Gasteiger partial charge in [-0.1, -0.05) is 0 Å². The minimum absolute atomic E-state index is 0.174. The van der Waals surface area contributed by atoms with Crippen LogP contribution in [-0.4, -0.2) is 38.4 Å². The van der Waals surface area contributed by atoms with Gasteiger partial charge in [-0.25, -0.2) is 14.6 Å². The number of rotatable bonds is 6. The zero-order chi connectivity index (χ0) is 19.5. The van der Waals surface area contributed by atoms with Gasteiger partial charge in [0.05, 0.1) is 18.8 Å². The number of aromatic amines is 1. The third-order valence-corrected chi connectivity index (χ3v) is 4.20. The van der Waals surface area contributed by atoms with Crippen molar-refractivity contribution in [2.24, 2.45) is 0 Å². The van der Waals surface area contributed by atoms with Crippen molar-refractivity contribution in [1.29, 1.82) is 0 Å². The second-order valence-electron chi connectivity index (χ2n) is 5.99. The summed E-state index contributed by atoms with van der Waals surface area (Å²) in [6.45, 7) is 2.86. The third kappa shape index (κ3) is 3.25. The number of benzene rings is 1. The fourth-order valence-corrected chi connectivity index (χ4v) is 2.91. The van der Waals surface area contributed by atoms with Crippen LogP contribution in [0.4, 0.5) is 17.3 Å². The van der Waals surface area contributed by atoms with E-state index in [0.29, 0.717) is 11.6 Å². The summed E-state index contributed by atoms with van der Waals surface area (Å²) in [7, 11) is 1.63. The minimum Gasteiger partial charge on any atom is -0.494 e. The second kappa shape index (κ2) is 7.39. The Bertz CT molecular complexity index is 1180. The topological polar surface area (TPSA) is 110 Å². The number of H-pyrrole nitrogens is 1. The van der Waals surface area contributed by atoms with Crippen LogP contribution < -0.4 is 20.9 Å². The molecule has 3 aromatic heterocycles. The zero-order valence-electron chi connectivity index (χ0n) is 15.4. The van der Waals surface area contributed by atoms with Crippen molar-refractivity contribution in [3.63, 3.8) is 0 Å². The molecule has 1 aromatic carbocycles. The highest BCUT2D eigenvalue weighted by atomic mass is 16.5. The predicted octanol–water partition coefficient (Wildman–Crippen LogP) is 2.69. The van der Waals surface area contributed by atoms with Gasteiger partial charge in [-0.2, -0.15) is 5.10 Å². The molecule has 9 heteroatoms. The van der Waals surface area contributed by atoms with Gasteiger partial charge in [0.1, 0.15) is 17.3 Å². The van der Waals surface area contributed by atoms with Crippen molar-refractivity contribution in [2.75, 3.05) is 24.3 Å². The number of hydrogen-bond acceptors (Lipinski definition) is 7. The summed E-state index contributed by atoms with van der Waals surface area (Å²) in [6.07, 6.45) is 6.40. The molecule has 9 nitrogen and oxygen atoms in total. The van der Waals surface area contributed by atoms with E-state index in [1.807, 2.05) is 31.2 Å².